The van der Waals surface area contributed by atoms with Crippen molar-refractivity contribution >= 4 is 29.2 Å². The maximum absolute atomic E-state index is 14.4. The number of amides is 1. The molecular formula is C26H24F6N2O2S2. The van der Waals surface area contributed by atoms with Crippen LogP contribution in [0.5, 0.6) is 0 Å². The number of hydrogen-bond acceptors (Lipinski definition) is 5. The maximum atomic E-state index is 14.4. The number of carbonyl (C=O) groups is 1. The van der Waals surface area contributed by atoms with E-state index in [1.807, 2.05) is 0 Å². The summed E-state index contributed by atoms with van der Waals surface area (Å²) in [6.45, 7) is 0.746. The monoisotopic (exact) mass is 574 g/mol. The predicted molar refractivity (Wildman–Crippen MR) is 135 cm³/mol. The van der Waals surface area contributed by atoms with Crippen LogP contribution in [0.15, 0.2) is 76.5 Å². The van der Waals surface area contributed by atoms with Crippen LogP contribution in [-0.2, 0) is 17.8 Å². The highest BCUT2D eigenvalue weighted by Gasteiger charge is 2.31. The molecule has 2 N–H and O–H groups in total. The lowest BCUT2D eigenvalue weighted by atomic mass is 10.0. The van der Waals surface area contributed by atoms with Crippen molar-refractivity contribution in [3.63, 3.8) is 0 Å². The summed E-state index contributed by atoms with van der Waals surface area (Å²) >= 11 is 2.13. The molecule has 2 unspecified atom stereocenters. The number of hydrogen-bond donors (Lipinski definition) is 2. The molecule has 38 heavy (non-hydrogen) atoms. The Morgan fingerprint density at radius 1 is 1.08 bits per heavy atom. The van der Waals surface area contributed by atoms with Crippen LogP contribution in [0, 0.1) is 17.5 Å². The molecule has 3 aromatic rings. The van der Waals surface area contributed by atoms with Gasteiger partial charge >= 0.3 is 6.18 Å². The van der Waals surface area contributed by atoms with E-state index in [2.05, 4.69) is 5.32 Å². The molecule has 1 amide bonds. The number of allylic oxidation sites excluding steroid dienone is 1. The summed E-state index contributed by atoms with van der Waals surface area (Å²) in [5.74, 6) is -4.62. The molecule has 0 saturated carbocycles. The zero-order valence-electron chi connectivity index (χ0n) is 20.0. The molecule has 0 radical (unpaired) electrons. The standard InChI is InChI=1S/C26H24F6N2O2S2/c1-16(26(30,31)32)10-25(36)33-22(11-17-6-3-2-4-7-17)23(35)15-34(14-18-8-5-9-37-18)38-24-13-20(28)19(27)12-21(24)29/h2-10,12-13,22-23,35H,11,14-15H2,1H3,(H,33,36)/b16-10+. The highest BCUT2D eigenvalue weighted by atomic mass is 32.2. The maximum Gasteiger partial charge on any atom is 0.412 e. The number of alkyl halides is 3. The van der Waals surface area contributed by atoms with Crippen molar-refractivity contribution in [2.45, 2.75) is 43.1 Å². The predicted octanol–water partition coefficient (Wildman–Crippen LogP) is 6.27. The Kier molecular flexibility index (Phi) is 10.4. The highest BCUT2D eigenvalue weighted by Crippen LogP contribution is 2.30. The summed E-state index contributed by atoms with van der Waals surface area (Å²) in [5, 5.41) is 15.4. The number of aliphatic hydroxyl groups excluding tert-OH is 1. The Bertz CT molecular complexity index is 1240. The van der Waals surface area contributed by atoms with Crippen molar-refractivity contribution in [1.82, 2.24) is 9.62 Å². The molecule has 0 aliphatic carbocycles. The van der Waals surface area contributed by atoms with Gasteiger partial charge in [0.15, 0.2) is 11.6 Å². The number of thiophene rings is 1. The van der Waals surface area contributed by atoms with Gasteiger partial charge in [-0.1, -0.05) is 36.4 Å². The molecule has 0 saturated heterocycles. The van der Waals surface area contributed by atoms with Gasteiger partial charge in [-0.15, -0.1) is 11.3 Å². The van der Waals surface area contributed by atoms with Gasteiger partial charge in [-0.25, -0.2) is 17.5 Å². The van der Waals surface area contributed by atoms with Gasteiger partial charge in [-0.2, -0.15) is 13.2 Å². The van der Waals surface area contributed by atoms with E-state index < -0.39 is 47.3 Å². The van der Waals surface area contributed by atoms with Crippen LogP contribution in [-0.4, -0.2) is 40.2 Å². The molecule has 0 spiro atoms. The summed E-state index contributed by atoms with van der Waals surface area (Å²) in [7, 11) is 0. The van der Waals surface area contributed by atoms with Crippen molar-refractivity contribution in [1.29, 1.82) is 0 Å². The van der Waals surface area contributed by atoms with Gasteiger partial charge in [-0.05, 0) is 48.4 Å². The first-order valence-electron chi connectivity index (χ1n) is 11.3. The molecule has 3 rings (SSSR count). The van der Waals surface area contributed by atoms with Crippen LogP contribution in [0.25, 0.3) is 0 Å². The SMILES string of the molecule is C/C(=C\C(=O)NC(Cc1ccccc1)C(O)CN(Cc1cccs1)Sc1cc(F)c(F)cc1F)C(F)(F)F. The summed E-state index contributed by atoms with van der Waals surface area (Å²) < 4.78 is 81.8. The van der Waals surface area contributed by atoms with Gasteiger partial charge in [0, 0.05) is 35.7 Å². The molecule has 2 atom stereocenters. The van der Waals surface area contributed by atoms with Crippen LogP contribution in [0.4, 0.5) is 26.3 Å². The molecular weight excluding hydrogens is 550 g/mol. The molecule has 1 aromatic heterocycles. The molecule has 12 heteroatoms. The van der Waals surface area contributed by atoms with E-state index in [1.165, 1.54) is 15.6 Å². The van der Waals surface area contributed by atoms with Crippen LogP contribution < -0.4 is 5.32 Å². The van der Waals surface area contributed by atoms with Gasteiger partial charge in [0.05, 0.1) is 17.0 Å². The van der Waals surface area contributed by atoms with E-state index in [-0.39, 0.29) is 24.4 Å². The normalized spacial score (nSPS) is 14.0. The third-order valence-electron chi connectivity index (χ3n) is 5.39. The van der Waals surface area contributed by atoms with Gasteiger partial charge < -0.3 is 10.4 Å². The average molecular weight is 575 g/mol. The third-order valence-corrected chi connectivity index (χ3v) is 7.30. The van der Waals surface area contributed by atoms with Gasteiger partial charge in [0.2, 0.25) is 5.91 Å². The largest absolute Gasteiger partial charge is 0.412 e. The lowest BCUT2D eigenvalue weighted by Crippen LogP contribution is -2.48. The van der Waals surface area contributed by atoms with Crippen molar-refractivity contribution < 1.29 is 36.2 Å². The van der Waals surface area contributed by atoms with E-state index in [9.17, 15) is 36.2 Å². The second-order valence-corrected chi connectivity index (χ2v) is 10.6. The minimum Gasteiger partial charge on any atom is -0.390 e. The lowest BCUT2D eigenvalue weighted by molar-refractivity contribution is -0.119. The van der Waals surface area contributed by atoms with Crippen LogP contribution >= 0.6 is 23.3 Å². The quantitative estimate of drug-likeness (QED) is 0.123. The Morgan fingerprint density at radius 3 is 2.39 bits per heavy atom. The fourth-order valence-electron chi connectivity index (χ4n) is 3.41. The number of aliphatic hydroxyl groups is 1. The van der Waals surface area contributed by atoms with E-state index in [4.69, 9.17) is 0 Å². The van der Waals surface area contributed by atoms with E-state index in [0.29, 0.717) is 23.8 Å². The minimum absolute atomic E-state index is 0.0870. The van der Waals surface area contributed by atoms with Crippen molar-refractivity contribution in [3.05, 3.63) is 99.5 Å². The number of halogens is 6. The summed E-state index contributed by atoms with van der Waals surface area (Å²) in [6.07, 6.45) is -5.52. The number of nitrogens with one attached hydrogen (secondary N) is 1. The molecule has 4 nitrogen and oxygen atoms in total. The zero-order valence-corrected chi connectivity index (χ0v) is 21.6. The topological polar surface area (TPSA) is 52.6 Å². The fraction of sp³-hybridized carbons (Fsp3) is 0.269. The summed E-state index contributed by atoms with van der Waals surface area (Å²) in [5.41, 5.74) is -0.399. The van der Waals surface area contributed by atoms with Gasteiger partial charge in [0.1, 0.15) is 5.82 Å². The highest BCUT2D eigenvalue weighted by molar-refractivity contribution is 7.97. The lowest BCUT2D eigenvalue weighted by Gasteiger charge is -2.29. The Morgan fingerprint density at radius 2 is 1.76 bits per heavy atom. The number of rotatable bonds is 11. The first-order valence-corrected chi connectivity index (χ1v) is 13.0. The van der Waals surface area contributed by atoms with Crippen LogP contribution in [0.2, 0.25) is 0 Å². The fourth-order valence-corrected chi connectivity index (χ4v) is 5.23. The van der Waals surface area contributed by atoms with Crippen molar-refractivity contribution in [2.75, 3.05) is 6.54 Å². The van der Waals surface area contributed by atoms with E-state index in [1.54, 1.807) is 47.8 Å². The van der Waals surface area contributed by atoms with Crippen LogP contribution in [0.3, 0.4) is 0 Å². The zero-order chi connectivity index (χ0) is 27.9. The third kappa shape index (κ3) is 8.90. The Balaban J connectivity index is 1.85. The molecule has 1 heterocycles. The molecule has 0 bridgehead atoms. The van der Waals surface area contributed by atoms with Gasteiger partial charge in [-0.3, -0.25) is 4.79 Å². The minimum atomic E-state index is -4.69. The Labute approximate surface area is 224 Å². The van der Waals surface area contributed by atoms with Crippen LogP contribution in [0.1, 0.15) is 17.4 Å². The number of nitrogens with zero attached hydrogens (tertiary/aromatic N) is 1. The average Bonchev–Trinajstić information content (AvgIpc) is 3.35. The van der Waals surface area contributed by atoms with Crippen molar-refractivity contribution in [2.24, 2.45) is 0 Å². The molecule has 204 valence electrons. The second-order valence-electron chi connectivity index (χ2n) is 8.39. The van der Waals surface area contributed by atoms with Crippen molar-refractivity contribution in [3.8, 4) is 0 Å². The summed E-state index contributed by atoms with van der Waals surface area (Å²) in [4.78, 5) is 13.0. The first-order chi connectivity index (χ1) is 17.9. The molecule has 2 aromatic carbocycles. The van der Waals surface area contributed by atoms with E-state index in [0.717, 1.165) is 23.7 Å². The Hall–Kier alpha value is -2.80. The molecule has 0 aliphatic heterocycles. The molecule has 0 aliphatic rings. The van der Waals surface area contributed by atoms with Gasteiger partial charge in [0.25, 0.3) is 0 Å². The summed E-state index contributed by atoms with van der Waals surface area (Å²) in [6, 6.07) is 12.4. The number of benzene rings is 2. The van der Waals surface area contributed by atoms with E-state index >= 15 is 0 Å². The smallest absolute Gasteiger partial charge is 0.390 e. The number of carbonyl (C=O) groups excluding carboxylic acids is 1. The first kappa shape index (κ1) is 29.8. The second kappa shape index (κ2) is 13.3. The molecule has 0 fully saturated rings.